The third-order valence-corrected chi connectivity index (χ3v) is 16.9. The van der Waals surface area contributed by atoms with Crippen LogP contribution in [0.3, 0.4) is 0 Å². The van der Waals surface area contributed by atoms with Crippen molar-refractivity contribution in [3.05, 3.63) is 38.0 Å². The summed E-state index contributed by atoms with van der Waals surface area (Å²) in [6.45, 7) is 18.9. The highest BCUT2D eigenvalue weighted by molar-refractivity contribution is 4.90. The van der Waals surface area contributed by atoms with Crippen molar-refractivity contribution in [2.45, 2.75) is 226 Å². The van der Waals surface area contributed by atoms with Gasteiger partial charge in [0.1, 0.15) is 0 Å². The predicted octanol–water partition coefficient (Wildman–Crippen LogP) is 17.5. The molecule has 0 aromatic rings. The van der Waals surface area contributed by atoms with Gasteiger partial charge in [-0.15, -0.1) is 19.7 Å². The molecule has 0 N–H and O–H groups in total. The van der Waals surface area contributed by atoms with Crippen molar-refractivity contribution in [2.24, 2.45) is 71.0 Å². The summed E-state index contributed by atoms with van der Waals surface area (Å²) in [5.41, 5.74) is 0. The van der Waals surface area contributed by atoms with E-state index in [2.05, 4.69) is 58.7 Å². The lowest BCUT2D eigenvalue weighted by atomic mass is 9.68. The van der Waals surface area contributed by atoms with E-state index in [0.29, 0.717) is 0 Å². The van der Waals surface area contributed by atoms with Crippen molar-refractivity contribution in [1.82, 2.24) is 0 Å². The van der Waals surface area contributed by atoms with Crippen LogP contribution in [-0.4, -0.2) is 0 Å². The Kier molecular flexibility index (Phi) is 22.2. The van der Waals surface area contributed by atoms with Crippen LogP contribution in [-0.2, 0) is 0 Å². The van der Waals surface area contributed by atoms with Crippen molar-refractivity contribution in [2.75, 3.05) is 0 Å². The van der Waals surface area contributed by atoms with Gasteiger partial charge in [0.2, 0.25) is 0 Å². The fraction of sp³-hybridized carbons (Fsp3) is 0.887. The Balaban J connectivity index is 0.000000178. The fourth-order valence-electron chi connectivity index (χ4n) is 12.7. The molecule has 0 unspecified atom stereocenters. The molecule has 6 aliphatic rings. The third kappa shape index (κ3) is 15.9. The first kappa shape index (κ1) is 44.9. The molecular formula is C53H94. The zero-order valence-corrected chi connectivity index (χ0v) is 36.4. The Morgan fingerprint density at radius 2 is 0.585 bits per heavy atom. The Labute approximate surface area is 334 Å². The lowest BCUT2D eigenvalue weighted by Gasteiger charge is -2.37. The predicted molar refractivity (Wildman–Crippen MR) is 237 cm³/mol. The van der Waals surface area contributed by atoms with Gasteiger partial charge in [-0.3, -0.25) is 0 Å². The minimum absolute atomic E-state index is 0.835. The fourth-order valence-corrected chi connectivity index (χ4v) is 12.7. The lowest BCUT2D eigenvalue weighted by Crippen LogP contribution is -2.25. The largest absolute Gasteiger partial charge is 0.103 e. The van der Waals surface area contributed by atoms with Gasteiger partial charge in [-0.2, -0.15) is 0 Å². The van der Waals surface area contributed by atoms with Crippen LogP contribution < -0.4 is 0 Å². The van der Waals surface area contributed by atoms with Gasteiger partial charge < -0.3 is 0 Å². The van der Waals surface area contributed by atoms with E-state index in [1.54, 1.807) is 12.8 Å². The van der Waals surface area contributed by atoms with Crippen molar-refractivity contribution in [1.29, 1.82) is 0 Å². The summed E-state index contributed by atoms with van der Waals surface area (Å²) >= 11 is 0. The van der Waals surface area contributed by atoms with Crippen LogP contribution in [0.25, 0.3) is 0 Å². The van der Waals surface area contributed by atoms with E-state index >= 15 is 0 Å². The molecule has 0 radical (unpaired) electrons. The van der Waals surface area contributed by atoms with Crippen LogP contribution in [0, 0.1) is 71.0 Å². The van der Waals surface area contributed by atoms with Crippen LogP contribution >= 0.6 is 0 Å². The second-order valence-corrected chi connectivity index (χ2v) is 20.1. The molecule has 0 amide bonds. The quantitative estimate of drug-likeness (QED) is 0.123. The smallest absolute Gasteiger partial charge is 0.0236 e. The van der Waals surface area contributed by atoms with E-state index in [4.69, 9.17) is 0 Å². The Morgan fingerprint density at radius 3 is 0.849 bits per heavy atom. The Morgan fingerprint density at radius 1 is 0.321 bits per heavy atom. The molecule has 0 aromatic carbocycles. The zero-order valence-electron chi connectivity index (χ0n) is 36.4. The van der Waals surface area contributed by atoms with Gasteiger partial charge in [-0.05, 0) is 187 Å². The van der Waals surface area contributed by atoms with Crippen molar-refractivity contribution in [3.8, 4) is 0 Å². The molecule has 6 rings (SSSR count). The van der Waals surface area contributed by atoms with Crippen LogP contribution in [0.2, 0.25) is 0 Å². The highest BCUT2D eigenvalue weighted by Gasteiger charge is 2.32. The summed E-state index contributed by atoms with van der Waals surface area (Å²) in [6, 6.07) is 0. The van der Waals surface area contributed by atoms with Gasteiger partial charge in [0.05, 0.1) is 0 Å². The summed E-state index contributed by atoms with van der Waals surface area (Å²) in [5.74, 6) is 12.1. The number of hydrogen-bond acceptors (Lipinski definition) is 0. The molecule has 0 aliphatic heterocycles. The SMILES string of the molecule is C=CC1CCC(C2CCC(CC)CC2)CC1.C=CC1CCC(C2CCC(CCCC)CC2)CC1.C=CC1CCC(C2CCC(CCCCC)CC2)CC1. The minimum Gasteiger partial charge on any atom is -0.103 e. The molecule has 0 spiro atoms. The van der Waals surface area contributed by atoms with Gasteiger partial charge in [-0.25, -0.2) is 0 Å². The van der Waals surface area contributed by atoms with Gasteiger partial charge in [-0.1, -0.05) is 129 Å². The molecule has 6 fully saturated rings. The average Bonchev–Trinajstić information content (AvgIpc) is 3.24. The molecule has 0 nitrogen and oxygen atoms in total. The average molecular weight is 731 g/mol. The normalized spacial score (nSPS) is 37.9. The first-order valence-corrected chi connectivity index (χ1v) is 24.9. The highest BCUT2D eigenvalue weighted by atomic mass is 14.4. The highest BCUT2D eigenvalue weighted by Crippen LogP contribution is 2.45. The number of rotatable bonds is 14. The molecule has 6 saturated carbocycles. The molecule has 0 aromatic heterocycles. The molecule has 53 heavy (non-hydrogen) atoms. The molecular weight excluding hydrogens is 637 g/mol. The number of unbranched alkanes of at least 4 members (excludes halogenated alkanes) is 3. The maximum absolute atomic E-state index is 3.97. The first-order chi connectivity index (χ1) is 26.0. The summed E-state index contributed by atoms with van der Waals surface area (Å²) in [7, 11) is 0. The molecule has 0 heterocycles. The zero-order chi connectivity index (χ0) is 37.7. The standard InChI is InChI=1S/C19H34.C18H32.C16H28/c1-3-5-6-7-17-10-14-19(15-11-17)18-12-8-16(4-2)9-13-18;1-3-5-6-16-9-13-18(14-10-16)17-11-7-15(4-2)8-12-17;1-3-13-5-9-15(10-6-13)16-11-7-14(4-2)8-12-16/h4,16-19H,2-3,5-15H2,1H3;4,15-18H,2-3,5-14H2,1H3;3,13-16H,1,4-12H2,2H3. The second-order valence-electron chi connectivity index (χ2n) is 20.1. The monoisotopic (exact) mass is 731 g/mol. The second kappa shape index (κ2) is 26.2. The van der Waals surface area contributed by atoms with E-state index in [1.165, 1.54) is 193 Å². The Bertz CT molecular complexity index is 911. The van der Waals surface area contributed by atoms with E-state index < -0.39 is 0 Å². The summed E-state index contributed by atoms with van der Waals surface area (Å²) in [6.07, 6.45) is 54.0. The van der Waals surface area contributed by atoms with E-state index in [0.717, 1.165) is 71.0 Å². The molecule has 306 valence electrons. The Hall–Kier alpha value is -0.780. The summed E-state index contributed by atoms with van der Waals surface area (Å²) in [4.78, 5) is 0. The van der Waals surface area contributed by atoms with Crippen molar-refractivity contribution < 1.29 is 0 Å². The lowest BCUT2D eigenvalue weighted by molar-refractivity contribution is 0.151. The van der Waals surface area contributed by atoms with Crippen LogP contribution in [0.5, 0.6) is 0 Å². The van der Waals surface area contributed by atoms with Gasteiger partial charge in [0, 0.05) is 0 Å². The van der Waals surface area contributed by atoms with Gasteiger partial charge in [0.25, 0.3) is 0 Å². The molecule has 6 aliphatic carbocycles. The maximum atomic E-state index is 3.97. The topological polar surface area (TPSA) is 0 Å². The first-order valence-electron chi connectivity index (χ1n) is 24.9. The van der Waals surface area contributed by atoms with Gasteiger partial charge in [0.15, 0.2) is 0 Å². The third-order valence-electron chi connectivity index (χ3n) is 16.9. The molecule has 0 heteroatoms. The number of hydrogen-bond donors (Lipinski definition) is 0. The van der Waals surface area contributed by atoms with E-state index in [9.17, 15) is 0 Å². The molecule has 0 bridgehead atoms. The summed E-state index contributed by atoms with van der Waals surface area (Å²) < 4.78 is 0. The molecule has 0 atom stereocenters. The molecule has 0 saturated heterocycles. The van der Waals surface area contributed by atoms with Crippen LogP contribution in [0.1, 0.15) is 226 Å². The van der Waals surface area contributed by atoms with Crippen LogP contribution in [0.15, 0.2) is 38.0 Å². The van der Waals surface area contributed by atoms with E-state index in [-0.39, 0.29) is 0 Å². The van der Waals surface area contributed by atoms with Crippen molar-refractivity contribution in [3.63, 3.8) is 0 Å². The maximum Gasteiger partial charge on any atom is -0.0236 e. The minimum atomic E-state index is 0.835. The van der Waals surface area contributed by atoms with Gasteiger partial charge >= 0.3 is 0 Å². The van der Waals surface area contributed by atoms with E-state index in [1.807, 2.05) is 0 Å². The summed E-state index contributed by atoms with van der Waals surface area (Å²) in [5, 5.41) is 0. The number of allylic oxidation sites excluding steroid dienone is 3. The van der Waals surface area contributed by atoms with Crippen molar-refractivity contribution >= 4 is 0 Å². The van der Waals surface area contributed by atoms with Crippen LogP contribution in [0.4, 0.5) is 0 Å².